The summed E-state index contributed by atoms with van der Waals surface area (Å²) in [5.74, 6) is 0. The smallest absolute Gasteiger partial charge is 0.264 e. The number of H-pyrrole nitrogens is 1. The van der Waals surface area contributed by atoms with E-state index in [1.165, 1.54) is 6.33 Å². The summed E-state index contributed by atoms with van der Waals surface area (Å²) in [6.07, 6.45) is 1.32. The third kappa shape index (κ3) is 1.69. The van der Waals surface area contributed by atoms with Crippen molar-refractivity contribution in [2.45, 2.75) is 0 Å². The van der Waals surface area contributed by atoms with Crippen LogP contribution >= 0.6 is 0 Å². The van der Waals surface area contributed by atoms with E-state index in [0.717, 1.165) is 11.2 Å². The molecule has 0 saturated heterocycles. The molecule has 0 amide bonds. The van der Waals surface area contributed by atoms with Crippen molar-refractivity contribution in [3.05, 3.63) is 81.5 Å². The molecule has 22 heavy (non-hydrogen) atoms. The fourth-order valence-corrected chi connectivity index (χ4v) is 2.71. The predicted octanol–water partition coefficient (Wildman–Crippen LogP) is 2.23. The van der Waals surface area contributed by atoms with Gasteiger partial charge in [-0.15, -0.1) is 0 Å². The molecule has 2 aromatic carbocycles. The van der Waals surface area contributed by atoms with Crippen LogP contribution in [0, 0.1) is 0 Å². The number of fused-ring (bicyclic) bond motifs is 2. The summed E-state index contributed by atoms with van der Waals surface area (Å²) in [5.41, 5.74) is 1.21. The van der Waals surface area contributed by atoms with E-state index in [2.05, 4.69) is 9.97 Å². The molecular weight excluding hydrogens is 278 g/mol. The predicted molar refractivity (Wildman–Crippen MR) is 85.5 cm³/mol. The first kappa shape index (κ1) is 12.5. The third-order valence-corrected chi connectivity index (χ3v) is 3.68. The van der Waals surface area contributed by atoms with E-state index in [1.54, 1.807) is 12.1 Å². The van der Waals surface area contributed by atoms with Crippen molar-refractivity contribution in [3.63, 3.8) is 0 Å². The van der Waals surface area contributed by atoms with Gasteiger partial charge in [0.25, 0.3) is 5.56 Å². The lowest BCUT2D eigenvalue weighted by atomic mass is 10.1. The Morgan fingerprint density at radius 2 is 1.64 bits per heavy atom. The van der Waals surface area contributed by atoms with Gasteiger partial charge in [-0.3, -0.25) is 14.2 Å². The molecule has 1 N–H and O–H groups in total. The molecule has 2 aromatic heterocycles. The molecule has 0 fully saturated rings. The second-order valence-electron chi connectivity index (χ2n) is 4.95. The number of hydrogen-bond acceptors (Lipinski definition) is 3. The van der Waals surface area contributed by atoms with Crippen LogP contribution in [0.1, 0.15) is 0 Å². The number of rotatable bonds is 1. The van der Waals surface area contributed by atoms with E-state index in [-0.39, 0.29) is 10.8 Å². The number of aromatic nitrogens is 3. The summed E-state index contributed by atoms with van der Waals surface area (Å²) in [7, 11) is 0. The summed E-state index contributed by atoms with van der Waals surface area (Å²) < 4.78 is 1.83. The Balaban J connectivity index is 2.36. The molecule has 5 heteroatoms. The fraction of sp³-hybridized carbons (Fsp3) is 0. The molecule has 0 radical (unpaired) electrons. The Morgan fingerprint density at radius 3 is 2.45 bits per heavy atom. The van der Waals surface area contributed by atoms with Gasteiger partial charge in [-0.05, 0) is 24.3 Å². The Labute approximate surface area is 124 Å². The molecule has 0 spiro atoms. The van der Waals surface area contributed by atoms with Crippen LogP contribution in [0.2, 0.25) is 0 Å². The van der Waals surface area contributed by atoms with Gasteiger partial charge in [0.15, 0.2) is 5.65 Å². The van der Waals surface area contributed by atoms with Crippen LogP contribution in [0.25, 0.3) is 27.6 Å². The number of nitrogens with one attached hydrogen (secondary N) is 1. The number of pyridine rings is 1. The third-order valence-electron chi connectivity index (χ3n) is 3.68. The van der Waals surface area contributed by atoms with Crippen molar-refractivity contribution in [1.82, 2.24) is 14.5 Å². The van der Waals surface area contributed by atoms with Crippen LogP contribution in [0.5, 0.6) is 0 Å². The molecule has 0 saturated carbocycles. The Morgan fingerprint density at radius 1 is 0.909 bits per heavy atom. The lowest BCUT2D eigenvalue weighted by molar-refractivity contribution is 1.07. The summed E-state index contributed by atoms with van der Waals surface area (Å²) >= 11 is 0. The van der Waals surface area contributed by atoms with Gasteiger partial charge in [0.2, 0.25) is 5.43 Å². The highest BCUT2D eigenvalue weighted by Gasteiger charge is 2.14. The van der Waals surface area contributed by atoms with Gasteiger partial charge >= 0.3 is 0 Å². The van der Waals surface area contributed by atoms with Crippen molar-refractivity contribution in [2.75, 3.05) is 0 Å². The highest BCUT2D eigenvalue weighted by Crippen LogP contribution is 2.20. The average Bonchev–Trinajstić information content (AvgIpc) is 2.56. The van der Waals surface area contributed by atoms with Gasteiger partial charge in [0.1, 0.15) is 5.39 Å². The highest BCUT2D eigenvalue weighted by molar-refractivity contribution is 5.93. The van der Waals surface area contributed by atoms with Crippen LogP contribution in [-0.2, 0) is 0 Å². The zero-order valence-electron chi connectivity index (χ0n) is 11.5. The van der Waals surface area contributed by atoms with Crippen LogP contribution in [-0.4, -0.2) is 14.5 Å². The van der Waals surface area contributed by atoms with Crippen LogP contribution < -0.4 is 11.0 Å². The Hall–Kier alpha value is -3.21. The maximum atomic E-state index is 12.6. The highest BCUT2D eigenvalue weighted by atomic mass is 16.1. The topological polar surface area (TPSA) is 67.8 Å². The summed E-state index contributed by atoms with van der Waals surface area (Å²) in [5, 5.41) is 0.572. The molecule has 4 aromatic rings. The van der Waals surface area contributed by atoms with E-state index >= 15 is 0 Å². The first-order valence-electron chi connectivity index (χ1n) is 6.84. The molecule has 5 nitrogen and oxygen atoms in total. The molecule has 0 aliphatic rings. The second-order valence-corrected chi connectivity index (χ2v) is 4.95. The molecule has 0 atom stereocenters. The molecule has 0 aliphatic carbocycles. The zero-order chi connectivity index (χ0) is 15.1. The van der Waals surface area contributed by atoms with Crippen molar-refractivity contribution in [3.8, 4) is 5.69 Å². The maximum Gasteiger partial charge on any atom is 0.264 e. The van der Waals surface area contributed by atoms with Gasteiger partial charge in [-0.2, -0.15) is 0 Å². The van der Waals surface area contributed by atoms with E-state index in [0.29, 0.717) is 11.0 Å². The Bertz CT molecular complexity index is 1110. The minimum absolute atomic E-state index is 0.0741. The van der Waals surface area contributed by atoms with Gasteiger partial charge in [-0.1, -0.05) is 30.3 Å². The standard InChI is InChI=1S/C17H11N3O2/c21-15-12-8-4-5-9-13(12)20(11-6-2-1-3-7-11)16-14(15)17(22)19-10-18-16/h1-10H,(H,18,19,22). The quantitative estimate of drug-likeness (QED) is 0.546. The molecule has 0 unspecified atom stereocenters. The maximum absolute atomic E-state index is 12.6. The minimum atomic E-state index is -0.426. The van der Waals surface area contributed by atoms with Crippen LogP contribution in [0.15, 0.2) is 70.5 Å². The zero-order valence-corrected chi connectivity index (χ0v) is 11.5. The number of hydrogen-bond donors (Lipinski definition) is 1. The minimum Gasteiger partial charge on any atom is -0.312 e. The van der Waals surface area contributed by atoms with Gasteiger partial charge < -0.3 is 4.98 Å². The van der Waals surface area contributed by atoms with Crippen molar-refractivity contribution >= 4 is 21.9 Å². The molecule has 0 aliphatic heterocycles. The largest absolute Gasteiger partial charge is 0.312 e. The van der Waals surface area contributed by atoms with Crippen molar-refractivity contribution in [1.29, 1.82) is 0 Å². The van der Waals surface area contributed by atoms with E-state index in [1.807, 2.05) is 47.0 Å². The van der Waals surface area contributed by atoms with Gasteiger partial charge in [0.05, 0.1) is 11.8 Å². The lowest BCUT2D eigenvalue weighted by Crippen LogP contribution is -2.20. The molecule has 106 valence electrons. The Kier molecular flexibility index (Phi) is 2.66. The first-order valence-corrected chi connectivity index (χ1v) is 6.84. The average molecular weight is 289 g/mol. The van der Waals surface area contributed by atoms with Gasteiger partial charge in [0, 0.05) is 11.1 Å². The van der Waals surface area contributed by atoms with Crippen molar-refractivity contribution < 1.29 is 0 Å². The van der Waals surface area contributed by atoms with Gasteiger partial charge in [-0.25, -0.2) is 4.98 Å². The van der Waals surface area contributed by atoms with E-state index in [9.17, 15) is 9.59 Å². The number of benzene rings is 2. The second kappa shape index (κ2) is 4.66. The first-order chi connectivity index (χ1) is 10.8. The molecule has 4 rings (SSSR count). The van der Waals surface area contributed by atoms with E-state index < -0.39 is 5.56 Å². The lowest BCUT2D eigenvalue weighted by Gasteiger charge is -2.13. The normalized spacial score (nSPS) is 11.1. The fourth-order valence-electron chi connectivity index (χ4n) is 2.71. The monoisotopic (exact) mass is 289 g/mol. The molecule has 0 bridgehead atoms. The molecular formula is C17H11N3O2. The van der Waals surface area contributed by atoms with Crippen LogP contribution in [0.3, 0.4) is 0 Å². The number of para-hydroxylation sites is 2. The van der Waals surface area contributed by atoms with E-state index in [4.69, 9.17) is 0 Å². The SMILES string of the molecule is O=c1[nH]cnc2c1c(=O)c1ccccc1n2-c1ccccc1. The molecule has 2 heterocycles. The summed E-state index contributed by atoms with van der Waals surface area (Å²) in [6.45, 7) is 0. The number of nitrogens with zero attached hydrogens (tertiary/aromatic N) is 2. The summed E-state index contributed by atoms with van der Waals surface area (Å²) in [4.78, 5) is 31.5. The number of aromatic amines is 1. The van der Waals surface area contributed by atoms with Crippen molar-refractivity contribution in [2.24, 2.45) is 0 Å². The summed E-state index contributed by atoms with van der Waals surface area (Å²) in [6, 6.07) is 16.8. The van der Waals surface area contributed by atoms with Crippen LogP contribution in [0.4, 0.5) is 0 Å².